The van der Waals surface area contributed by atoms with Gasteiger partial charge in [0.25, 0.3) is 0 Å². The van der Waals surface area contributed by atoms with Crippen molar-refractivity contribution < 1.29 is 21.1 Å². The van der Waals surface area contributed by atoms with Gasteiger partial charge in [-0.25, -0.2) is 0 Å². The van der Waals surface area contributed by atoms with Crippen molar-refractivity contribution in [2.75, 3.05) is 13.2 Å². The molecule has 0 aromatic heterocycles. The van der Waals surface area contributed by atoms with E-state index in [-0.39, 0.29) is 6.42 Å². The molecule has 0 aromatic rings. The minimum atomic E-state index is -1.39. The molecule has 2 unspecified atom stereocenters. The summed E-state index contributed by atoms with van der Waals surface area (Å²) in [4.78, 5) is 11.6. The Labute approximate surface area is 220 Å². The molecule has 0 fully saturated rings. The molecule has 4 heteroatoms. The molecule has 0 aliphatic rings. The second kappa shape index (κ2) is 29.6. The van der Waals surface area contributed by atoms with Crippen LogP contribution in [0.4, 0.5) is 0 Å². The van der Waals surface area contributed by atoms with Crippen LogP contribution in [0, 0.1) is 0 Å². The molecule has 0 aliphatic heterocycles. The van der Waals surface area contributed by atoms with E-state index >= 15 is 0 Å². The molecule has 0 bridgehead atoms. The Kier molecular flexibility index (Phi) is 27.4. The lowest BCUT2D eigenvalue weighted by molar-refractivity contribution is -0.147. The van der Waals surface area contributed by atoms with E-state index in [1.807, 2.05) is 0 Å². The Balaban J connectivity index is 3.15. The normalized spacial score (nSPS) is 13.5. The third-order valence-corrected chi connectivity index (χ3v) is 7.03. The summed E-state index contributed by atoms with van der Waals surface area (Å²) >= 11 is 0. The summed E-state index contributed by atoms with van der Waals surface area (Å²) in [6, 6.07) is 0. The molecule has 2 N–H and O–H groups in total. The second-order valence-electron chi connectivity index (χ2n) is 10.6. The first-order valence-corrected chi connectivity index (χ1v) is 15.5. The highest BCUT2D eigenvalue weighted by Crippen LogP contribution is 2.16. The fourth-order valence-corrected chi connectivity index (χ4v) is 4.66. The summed E-state index contributed by atoms with van der Waals surface area (Å²) in [6.07, 6.45) is 32.8. The molecule has 0 aliphatic carbocycles. The van der Waals surface area contributed by atoms with Gasteiger partial charge in [0, 0.05) is 6.42 Å². The third kappa shape index (κ3) is 29.5. The van der Waals surface area contributed by atoms with Crippen molar-refractivity contribution in [3.63, 3.8) is 0 Å². The lowest BCUT2D eigenvalue weighted by Gasteiger charge is -2.08. The molecule has 35 heavy (non-hydrogen) atoms. The van der Waals surface area contributed by atoms with E-state index in [1.54, 1.807) is 0 Å². The molecule has 0 rings (SSSR count). The van der Waals surface area contributed by atoms with Crippen molar-refractivity contribution in [2.24, 2.45) is 0 Å². The summed E-state index contributed by atoms with van der Waals surface area (Å²) in [6.45, 7) is 0.332. The number of esters is 1. The van der Waals surface area contributed by atoms with Crippen molar-refractivity contribution in [1.82, 2.24) is 0 Å². The van der Waals surface area contributed by atoms with Gasteiger partial charge in [-0.3, -0.25) is 4.79 Å². The summed E-state index contributed by atoms with van der Waals surface area (Å²) in [7, 11) is 0. The largest absolute Gasteiger partial charge is 0.463 e. The molecule has 0 aromatic carbocycles. The molecule has 0 heterocycles. The Morgan fingerprint density at radius 2 is 0.886 bits per heavy atom. The van der Waals surface area contributed by atoms with Crippen LogP contribution < -0.4 is 0 Å². The van der Waals surface area contributed by atoms with Crippen LogP contribution in [0.3, 0.4) is 0 Å². The Morgan fingerprint density at radius 3 is 1.17 bits per heavy atom. The fraction of sp³-hybridized carbons (Fsp3) is 0.968. The van der Waals surface area contributed by atoms with Crippen LogP contribution in [0.15, 0.2) is 0 Å². The van der Waals surface area contributed by atoms with Gasteiger partial charge in [0.15, 0.2) is 0 Å². The van der Waals surface area contributed by atoms with Crippen LogP contribution >= 0.6 is 0 Å². The van der Waals surface area contributed by atoms with Crippen LogP contribution in [0.2, 0.25) is 0 Å². The molecule has 2 atom stereocenters. The lowest BCUT2D eigenvalue weighted by Crippen LogP contribution is -2.21. The summed E-state index contributed by atoms with van der Waals surface area (Å²) in [5.74, 6) is -0.461. The van der Waals surface area contributed by atoms with Gasteiger partial charge in [0.05, 0.1) is 7.98 Å². The average Bonchev–Trinajstić information content (AvgIpc) is 2.88. The predicted octanol–water partition coefficient (Wildman–Crippen LogP) is 9.05. The SMILES string of the molecule is [2H]C(OC(=O)CCCCCCCCCCCCCCCCCCCCCCCCCCC)C(O)CO. The number of hydrogen-bond acceptors (Lipinski definition) is 4. The Morgan fingerprint density at radius 1 is 0.600 bits per heavy atom. The molecule has 0 spiro atoms. The van der Waals surface area contributed by atoms with E-state index in [0.717, 1.165) is 19.3 Å². The number of aliphatic hydroxyl groups excluding tert-OH is 2. The molecule has 4 nitrogen and oxygen atoms in total. The number of rotatable bonds is 29. The first-order valence-electron chi connectivity index (χ1n) is 16.1. The van der Waals surface area contributed by atoms with Crippen molar-refractivity contribution in [2.45, 2.75) is 180 Å². The second-order valence-corrected chi connectivity index (χ2v) is 10.6. The van der Waals surface area contributed by atoms with Crippen molar-refractivity contribution in [3.8, 4) is 0 Å². The van der Waals surface area contributed by atoms with E-state index in [0.29, 0.717) is 0 Å². The molecular formula is C31H62O4. The molecular weight excluding hydrogens is 436 g/mol. The minimum Gasteiger partial charge on any atom is -0.463 e. The monoisotopic (exact) mass is 499 g/mol. The smallest absolute Gasteiger partial charge is 0.305 e. The zero-order valence-electron chi connectivity index (χ0n) is 24.5. The van der Waals surface area contributed by atoms with E-state index < -0.39 is 25.3 Å². The number of unbranched alkanes of at least 4 members (excludes halogenated alkanes) is 24. The molecule has 0 saturated carbocycles. The quantitative estimate of drug-likeness (QED) is 0.0795. The van der Waals surface area contributed by atoms with Gasteiger partial charge >= 0.3 is 5.97 Å². The minimum absolute atomic E-state index is 0.285. The maximum Gasteiger partial charge on any atom is 0.305 e. The zero-order valence-corrected chi connectivity index (χ0v) is 23.5. The molecule has 0 saturated heterocycles. The van der Waals surface area contributed by atoms with Crippen molar-refractivity contribution in [3.05, 3.63) is 0 Å². The number of carbonyl (C=O) groups excluding carboxylic acids is 1. The number of hydrogen-bond donors (Lipinski definition) is 2. The van der Waals surface area contributed by atoms with Gasteiger partial charge in [0.1, 0.15) is 12.7 Å². The van der Waals surface area contributed by atoms with Crippen LogP contribution in [0.25, 0.3) is 0 Å². The van der Waals surface area contributed by atoms with Crippen LogP contribution in [0.1, 0.15) is 175 Å². The first kappa shape index (κ1) is 32.4. The maximum absolute atomic E-state index is 11.6. The molecule has 0 radical (unpaired) electrons. The van der Waals surface area contributed by atoms with E-state index in [1.165, 1.54) is 141 Å². The van der Waals surface area contributed by atoms with Crippen LogP contribution in [-0.4, -0.2) is 35.5 Å². The van der Waals surface area contributed by atoms with Crippen molar-refractivity contribution in [1.29, 1.82) is 0 Å². The van der Waals surface area contributed by atoms with Gasteiger partial charge in [-0.1, -0.05) is 161 Å². The number of ether oxygens (including phenoxy) is 1. The summed E-state index contributed by atoms with van der Waals surface area (Å²) in [5, 5.41) is 18.0. The fourth-order valence-electron chi connectivity index (χ4n) is 4.66. The highest BCUT2D eigenvalue weighted by molar-refractivity contribution is 5.69. The number of carbonyl (C=O) groups is 1. The van der Waals surface area contributed by atoms with Crippen LogP contribution in [0.5, 0.6) is 0 Å². The zero-order chi connectivity index (χ0) is 26.5. The molecule has 0 amide bonds. The van der Waals surface area contributed by atoms with E-state index in [9.17, 15) is 9.90 Å². The predicted molar refractivity (Wildman–Crippen MR) is 150 cm³/mol. The van der Waals surface area contributed by atoms with Crippen LogP contribution in [-0.2, 0) is 9.53 Å². The van der Waals surface area contributed by atoms with Gasteiger partial charge in [-0.15, -0.1) is 0 Å². The van der Waals surface area contributed by atoms with Gasteiger partial charge in [0.2, 0.25) is 0 Å². The maximum atomic E-state index is 11.6. The standard InChI is InChI=1S/C31H62O4/c1-2-3-4-5-6-7-8-9-10-11-12-13-14-15-16-17-18-19-20-21-22-23-24-25-26-27-31(34)35-29-30(33)28-32/h30,32-33H,2-29H2,1H3/i29D. The van der Waals surface area contributed by atoms with Gasteiger partial charge in [-0.2, -0.15) is 0 Å². The van der Waals surface area contributed by atoms with Crippen molar-refractivity contribution >= 4 is 5.97 Å². The number of aliphatic hydroxyl groups is 2. The third-order valence-electron chi connectivity index (χ3n) is 7.03. The highest BCUT2D eigenvalue weighted by Gasteiger charge is 2.07. The van der Waals surface area contributed by atoms with Gasteiger partial charge < -0.3 is 14.9 Å². The Bertz CT molecular complexity index is 446. The molecule has 210 valence electrons. The van der Waals surface area contributed by atoms with E-state index in [2.05, 4.69) is 6.92 Å². The highest BCUT2D eigenvalue weighted by atomic mass is 16.5. The Hall–Kier alpha value is -0.610. The topological polar surface area (TPSA) is 66.8 Å². The average molecular weight is 500 g/mol. The first-order chi connectivity index (χ1) is 17.6. The summed E-state index contributed by atoms with van der Waals surface area (Å²) in [5.41, 5.74) is 0. The van der Waals surface area contributed by atoms with E-state index in [4.69, 9.17) is 11.2 Å². The van der Waals surface area contributed by atoms with Gasteiger partial charge in [-0.05, 0) is 6.42 Å². The summed E-state index contributed by atoms with van der Waals surface area (Å²) < 4.78 is 12.2. The lowest BCUT2D eigenvalue weighted by atomic mass is 10.0.